The molecule has 4 heterocycles. The van der Waals surface area contributed by atoms with Crippen molar-refractivity contribution in [3.8, 4) is 0 Å². The highest BCUT2D eigenvalue weighted by molar-refractivity contribution is 5.08. The fourth-order valence-corrected chi connectivity index (χ4v) is 4.63. The first-order valence-corrected chi connectivity index (χ1v) is 7.55. The molecule has 0 aromatic rings. The second-order valence-corrected chi connectivity index (χ2v) is 6.96. The topological polar surface area (TPSA) is 57.2 Å². The quantitative estimate of drug-likeness (QED) is 0.692. The molecular formula is C15H24O5. The van der Waals surface area contributed by atoms with Crippen molar-refractivity contribution >= 4 is 0 Å². The summed E-state index contributed by atoms with van der Waals surface area (Å²) in [6.07, 6.45) is 0.867. The van der Waals surface area contributed by atoms with Gasteiger partial charge in [-0.1, -0.05) is 13.8 Å². The minimum Gasteiger partial charge on any atom is -0.368 e. The molecule has 4 saturated heterocycles. The zero-order valence-corrected chi connectivity index (χ0v) is 11.9. The minimum absolute atomic E-state index is 0.0907. The van der Waals surface area contributed by atoms with E-state index in [0.717, 1.165) is 12.8 Å². The normalized spacial score (nSPS) is 64.7. The Hall–Kier alpha value is -0.200. The SMILES string of the molecule is [2H]C([2H])([2H])[C@H]1C(O)O[C@@H]2OC3(C)CC[C@H]4[C@H](C)CC[C@@H]1[C@@]24OO3. The highest BCUT2D eigenvalue weighted by Gasteiger charge is 2.69. The number of hydrogen-bond acceptors (Lipinski definition) is 5. The highest BCUT2D eigenvalue weighted by atomic mass is 17.3. The van der Waals surface area contributed by atoms with Gasteiger partial charge in [-0.3, -0.25) is 0 Å². The van der Waals surface area contributed by atoms with Crippen LogP contribution in [0.3, 0.4) is 0 Å². The number of hydrogen-bond donors (Lipinski definition) is 1. The van der Waals surface area contributed by atoms with Gasteiger partial charge in [0, 0.05) is 22.4 Å². The van der Waals surface area contributed by atoms with Crippen molar-refractivity contribution in [1.82, 2.24) is 0 Å². The molecule has 4 aliphatic heterocycles. The van der Waals surface area contributed by atoms with E-state index in [1.54, 1.807) is 6.92 Å². The Bertz CT molecular complexity index is 500. The maximum atomic E-state index is 10.4. The molecule has 2 unspecified atom stereocenters. The van der Waals surface area contributed by atoms with E-state index in [9.17, 15) is 5.11 Å². The molecule has 0 aromatic heterocycles. The summed E-state index contributed by atoms with van der Waals surface area (Å²) in [6, 6.07) is 0. The van der Waals surface area contributed by atoms with Gasteiger partial charge in [-0.25, -0.2) is 9.78 Å². The van der Waals surface area contributed by atoms with Gasteiger partial charge < -0.3 is 14.6 Å². The molecule has 1 spiro atoms. The van der Waals surface area contributed by atoms with Crippen LogP contribution in [0.15, 0.2) is 0 Å². The van der Waals surface area contributed by atoms with Gasteiger partial charge in [-0.05, 0) is 38.0 Å². The van der Waals surface area contributed by atoms with Crippen molar-refractivity contribution in [3.63, 3.8) is 0 Å². The summed E-state index contributed by atoms with van der Waals surface area (Å²) in [4.78, 5) is 11.5. The van der Waals surface area contributed by atoms with E-state index in [1.165, 1.54) is 0 Å². The van der Waals surface area contributed by atoms with Crippen LogP contribution >= 0.6 is 0 Å². The maximum Gasteiger partial charge on any atom is 0.201 e. The standard InChI is InChI=1S/C15H24O5/c1-8-4-5-11-9(2)12(16)17-13-15(11)10(8)6-7-14(3,18-13)19-20-15/h8-13,16H,4-7H2,1-3H3/t8-,9-,10+,11+,12?,13-,14?,15-/m1/s1/i2D3. The van der Waals surface area contributed by atoms with Gasteiger partial charge in [0.05, 0.1) is 0 Å². The van der Waals surface area contributed by atoms with Gasteiger partial charge in [0.2, 0.25) is 5.79 Å². The van der Waals surface area contributed by atoms with Crippen molar-refractivity contribution in [2.24, 2.45) is 23.7 Å². The third kappa shape index (κ3) is 1.56. The van der Waals surface area contributed by atoms with E-state index in [0.29, 0.717) is 18.8 Å². The lowest BCUT2D eigenvalue weighted by molar-refractivity contribution is -0.576. The Morgan fingerprint density at radius 1 is 1.20 bits per heavy atom. The van der Waals surface area contributed by atoms with Crippen LogP contribution in [0.1, 0.15) is 50.5 Å². The fourth-order valence-electron chi connectivity index (χ4n) is 4.63. The summed E-state index contributed by atoms with van der Waals surface area (Å²) in [6.45, 7) is 1.63. The largest absolute Gasteiger partial charge is 0.368 e. The Kier molecular flexibility index (Phi) is 2.19. The van der Waals surface area contributed by atoms with Crippen molar-refractivity contribution in [1.29, 1.82) is 0 Å². The molecule has 5 aliphatic rings. The fraction of sp³-hybridized carbons (Fsp3) is 1.00. The van der Waals surface area contributed by atoms with E-state index in [4.69, 9.17) is 23.4 Å². The van der Waals surface area contributed by atoms with Gasteiger partial charge in [-0.15, -0.1) is 0 Å². The van der Waals surface area contributed by atoms with Crippen LogP contribution < -0.4 is 0 Å². The summed E-state index contributed by atoms with van der Waals surface area (Å²) in [7, 11) is 0. The lowest BCUT2D eigenvalue weighted by Crippen LogP contribution is -2.70. The molecule has 0 aromatic carbocycles. The van der Waals surface area contributed by atoms with Crippen LogP contribution in [-0.2, 0) is 19.2 Å². The van der Waals surface area contributed by atoms with Crippen molar-refractivity contribution in [3.05, 3.63) is 0 Å². The van der Waals surface area contributed by atoms with E-state index < -0.39 is 36.7 Å². The molecule has 1 N–H and O–H groups in total. The Morgan fingerprint density at radius 2 is 2.05 bits per heavy atom. The smallest absolute Gasteiger partial charge is 0.201 e. The molecule has 1 saturated carbocycles. The number of aliphatic hydroxyl groups excluding tert-OH is 1. The van der Waals surface area contributed by atoms with Crippen LogP contribution in [0.25, 0.3) is 0 Å². The molecule has 5 rings (SSSR count). The first-order valence-electron chi connectivity index (χ1n) is 9.05. The predicted octanol–water partition coefficient (Wildman–Crippen LogP) is 2.19. The van der Waals surface area contributed by atoms with Crippen LogP contribution in [0, 0.1) is 23.7 Å². The molecule has 1 aliphatic carbocycles. The maximum absolute atomic E-state index is 10.4. The molecule has 5 nitrogen and oxygen atoms in total. The lowest BCUT2D eigenvalue weighted by atomic mass is 9.58. The van der Waals surface area contributed by atoms with Crippen LogP contribution in [0.2, 0.25) is 0 Å². The second kappa shape index (κ2) is 4.17. The zero-order valence-electron chi connectivity index (χ0n) is 14.9. The molecule has 0 amide bonds. The van der Waals surface area contributed by atoms with Crippen molar-refractivity contribution in [2.45, 2.75) is 70.4 Å². The van der Waals surface area contributed by atoms with Crippen molar-refractivity contribution in [2.75, 3.05) is 0 Å². The molecule has 8 atom stereocenters. The van der Waals surface area contributed by atoms with Gasteiger partial charge in [-0.2, -0.15) is 0 Å². The van der Waals surface area contributed by atoms with E-state index in [2.05, 4.69) is 6.92 Å². The summed E-state index contributed by atoms with van der Waals surface area (Å²) >= 11 is 0. The number of fused-ring (bicyclic) bond motifs is 2. The van der Waals surface area contributed by atoms with Gasteiger partial charge >= 0.3 is 0 Å². The number of aliphatic hydroxyl groups is 1. The predicted molar refractivity (Wildman–Crippen MR) is 69.0 cm³/mol. The number of ether oxygens (including phenoxy) is 2. The summed E-state index contributed by atoms with van der Waals surface area (Å²) in [5, 5.41) is 10.4. The first kappa shape index (κ1) is 10.5. The molecule has 0 radical (unpaired) electrons. The summed E-state index contributed by atoms with van der Waals surface area (Å²) in [5.41, 5.74) is -0.952. The van der Waals surface area contributed by atoms with Crippen molar-refractivity contribution < 1.29 is 28.5 Å². The molecule has 2 bridgehead atoms. The van der Waals surface area contributed by atoms with E-state index in [-0.39, 0.29) is 11.8 Å². The second-order valence-electron chi connectivity index (χ2n) is 6.96. The summed E-state index contributed by atoms with van der Waals surface area (Å²) < 4.78 is 35.2. The average Bonchev–Trinajstić information content (AvgIpc) is 2.66. The van der Waals surface area contributed by atoms with Crippen LogP contribution in [-0.4, -0.2) is 29.1 Å². The van der Waals surface area contributed by atoms with Gasteiger partial charge in [0.25, 0.3) is 0 Å². The minimum atomic E-state index is -2.33. The molecule has 5 heteroatoms. The average molecular weight is 287 g/mol. The first-order chi connectivity index (χ1) is 10.7. The molecule has 5 fully saturated rings. The summed E-state index contributed by atoms with van der Waals surface area (Å²) in [5.74, 6) is -1.84. The monoisotopic (exact) mass is 287 g/mol. The number of rotatable bonds is 0. The molecule has 114 valence electrons. The lowest BCUT2D eigenvalue weighted by Gasteiger charge is -2.59. The van der Waals surface area contributed by atoms with E-state index >= 15 is 0 Å². The highest BCUT2D eigenvalue weighted by Crippen LogP contribution is 2.60. The van der Waals surface area contributed by atoms with Crippen LogP contribution in [0.5, 0.6) is 0 Å². The van der Waals surface area contributed by atoms with Crippen LogP contribution in [0.4, 0.5) is 0 Å². The van der Waals surface area contributed by atoms with E-state index in [1.807, 2.05) is 0 Å². The van der Waals surface area contributed by atoms with Gasteiger partial charge in [0.15, 0.2) is 18.2 Å². The van der Waals surface area contributed by atoms with Gasteiger partial charge in [0.1, 0.15) is 0 Å². The molecule has 20 heavy (non-hydrogen) atoms. The third-order valence-electron chi connectivity index (χ3n) is 5.78. The Morgan fingerprint density at radius 3 is 2.85 bits per heavy atom. The zero-order chi connectivity index (χ0) is 16.6. The Labute approximate surface area is 123 Å². The third-order valence-corrected chi connectivity index (χ3v) is 5.78. The molecular weight excluding hydrogens is 260 g/mol. The Balaban J connectivity index is 1.82.